The number of methoxy groups -OCH3 is 1. The highest BCUT2D eigenvalue weighted by Crippen LogP contribution is 2.23. The number of rotatable bonds is 6. The molecule has 3 N–H and O–H groups in total. The predicted molar refractivity (Wildman–Crippen MR) is 87.3 cm³/mol. The summed E-state index contributed by atoms with van der Waals surface area (Å²) in [5, 5.41) is 17.7. The van der Waals surface area contributed by atoms with E-state index in [9.17, 15) is 4.79 Å². The number of para-hydroxylation sites is 1. The molecular formula is C16H17N5O3. The highest BCUT2D eigenvalue weighted by Gasteiger charge is 2.17. The predicted octanol–water partition coefficient (Wildman–Crippen LogP) is 1.51. The van der Waals surface area contributed by atoms with Gasteiger partial charge in [-0.25, -0.2) is 10.2 Å². The minimum Gasteiger partial charge on any atom is -0.382 e. The van der Waals surface area contributed by atoms with Crippen LogP contribution in [0, 0.1) is 0 Å². The van der Waals surface area contributed by atoms with Gasteiger partial charge < -0.3 is 9.72 Å². The fraction of sp³-hybridized carbons (Fsp3) is 0.188. The largest absolute Gasteiger partial charge is 0.382 e. The maximum Gasteiger partial charge on any atom is 0.267 e. The summed E-state index contributed by atoms with van der Waals surface area (Å²) in [5.74, 6) is -0.631. The van der Waals surface area contributed by atoms with Gasteiger partial charge in [0.05, 0.1) is 12.8 Å². The molecular weight excluding hydrogens is 310 g/mol. The van der Waals surface area contributed by atoms with Gasteiger partial charge in [0, 0.05) is 24.4 Å². The van der Waals surface area contributed by atoms with Crippen LogP contribution in [-0.2, 0) is 9.53 Å². The van der Waals surface area contributed by atoms with Crippen molar-refractivity contribution < 1.29 is 14.7 Å². The van der Waals surface area contributed by atoms with Crippen LogP contribution in [0.25, 0.3) is 17.0 Å². The molecule has 1 unspecified atom stereocenters. The molecule has 2 aromatic heterocycles. The van der Waals surface area contributed by atoms with Crippen LogP contribution in [0.4, 0.5) is 0 Å². The Morgan fingerprint density at radius 1 is 1.50 bits per heavy atom. The highest BCUT2D eigenvalue weighted by molar-refractivity contribution is 5.90. The SMILES string of the molecule is COCC(c1cc2ccccc2[nH]1)n1cc(/C=C/C(=O)NO)nn1. The van der Waals surface area contributed by atoms with E-state index in [1.54, 1.807) is 18.0 Å². The number of aromatic amines is 1. The van der Waals surface area contributed by atoms with Crippen molar-refractivity contribution in [3.8, 4) is 0 Å². The third kappa shape index (κ3) is 3.34. The molecule has 3 rings (SSSR count). The maximum absolute atomic E-state index is 11.0. The Labute approximate surface area is 137 Å². The first-order chi connectivity index (χ1) is 11.7. The lowest BCUT2D eigenvalue weighted by Crippen LogP contribution is -2.17. The van der Waals surface area contributed by atoms with Crippen LogP contribution >= 0.6 is 0 Å². The number of hydrogen-bond donors (Lipinski definition) is 3. The number of H-pyrrole nitrogens is 1. The van der Waals surface area contributed by atoms with Crippen LogP contribution in [0.2, 0.25) is 0 Å². The lowest BCUT2D eigenvalue weighted by molar-refractivity contribution is -0.124. The Kier molecular flexibility index (Phi) is 4.69. The minimum atomic E-state index is -0.631. The van der Waals surface area contributed by atoms with Crippen LogP contribution < -0.4 is 5.48 Å². The molecule has 8 nitrogen and oxygen atoms in total. The monoisotopic (exact) mass is 327 g/mol. The number of nitrogens with zero attached hydrogens (tertiary/aromatic N) is 3. The van der Waals surface area contributed by atoms with Gasteiger partial charge in [0.25, 0.3) is 5.91 Å². The van der Waals surface area contributed by atoms with Gasteiger partial charge in [0.15, 0.2) is 0 Å². The average Bonchev–Trinajstić information content (AvgIpc) is 3.24. The van der Waals surface area contributed by atoms with E-state index in [1.807, 2.05) is 24.3 Å². The van der Waals surface area contributed by atoms with E-state index in [4.69, 9.17) is 9.94 Å². The number of benzene rings is 1. The number of amides is 1. The van der Waals surface area contributed by atoms with Crippen molar-refractivity contribution in [1.82, 2.24) is 25.5 Å². The fourth-order valence-corrected chi connectivity index (χ4v) is 2.46. The lowest BCUT2D eigenvalue weighted by atomic mass is 10.2. The molecule has 0 fully saturated rings. The van der Waals surface area contributed by atoms with Crippen molar-refractivity contribution in [3.05, 3.63) is 54.0 Å². The molecule has 0 aliphatic carbocycles. The topological polar surface area (TPSA) is 105 Å². The minimum absolute atomic E-state index is 0.177. The van der Waals surface area contributed by atoms with Crippen molar-refractivity contribution in [2.45, 2.75) is 6.04 Å². The Hall–Kier alpha value is -2.97. The second-order valence-electron chi connectivity index (χ2n) is 5.22. The van der Waals surface area contributed by atoms with E-state index >= 15 is 0 Å². The second kappa shape index (κ2) is 7.07. The van der Waals surface area contributed by atoms with Gasteiger partial charge in [0.2, 0.25) is 0 Å². The van der Waals surface area contributed by atoms with Gasteiger partial charge >= 0.3 is 0 Å². The fourth-order valence-electron chi connectivity index (χ4n) is 2.46. The van der Waals surface area contributed by atoms with Gasteiger partial charge in [-0.05, 0) is 23.6 Å². The van der Waals surface area contributed by atoms with E-state index in [-0.39, 0.29) is 6.04 Å². The van der Waals surface area contributed by atoms with Crippen LogP contribution in [-0.4, -0.2) is 44.8 Å². The molecule has 1 atom stereocenters. The molecule has 124 valence electrons. The lowest BCUT2D eigenvalue weighted by Gasteiger charge is -2.14. The van der Waals surface area contributed by atoms with Crippen LogP contribution in [0.15, 0.2) is 42.6 Å². The molecule has 0 radical (unpaired) electrons. The summed E-state index contributed by atoms with van der Waals surface area (Å²) in [6.07, 6.45) is 4.34. The number of nitrogens with one attached hydrogen (secondary N) is 2. The van der Waals surface area contributed by atoms with E-state index < -0.39 is 5.91 Å². The molecule has 0 bridgehead atoms. The third-order valence-electron chi connectivity index (χ3n) is 3.60. The quantitative estimate of drug-likeness (QED) is 0.362. The standard InChI is InChI=1S/C16H17N5O3/c1-24-10-15(14-8-11-4-2-3-5-13(11)17-14)21-9-12(18-20-21)6-7-16(22)19-23/h2-9,15,17,23H,10H2,1H3,(H,19,22)/b7-6+. The molecule has 2 heterocycles. The molecule has 24 heavy (non-hydrogen) atoms. The number of fused-ring (bicyclic) bond motifs is 1. The second-order valence-corrected chi connectivity index (χ2v) is 5.22. The summed E-state index contributed by atoms with van der Waals surface area (Å²) in [6.45, 7) is 0.413. The van der Waals surface area contributed by atoms with Crippen molar-refractivity contribution in [2.24, 2.45) is 0 Å². The summed E-state index contributed by atoms with van der Waals surface area (Å²) in [5.41, 5.74) is 4.00. The van der Waals surface area contributed by atoms with Gasteiger partial charge in [-0.15, -0.1) is 5.10 Å². The van der Waals surface area contributed by atoms with Crippen LogP contribution in [0.1, 0.15) is 17.4 Å². The highest BCUT2D eigenvalue weighted by atomic mass is 16.5. The Bertz CT molecular complexity index is 834. The van der Waals surface area contributed by atoms with Crippen molar-refractivity contribution in [1.29, 1.82) is 0 Å². The first kappa shape index (κ1) is 15.9. The average molecular weight is 327 g/mol. The van der Waals surface area contributed by atoms with Crippen LogP contribution in [0.5, 0.6) is 0 Å². The molecule has 0 saturated heterocycles. The first-order valence-electron chi connectivity index (χ1n) is 7.32. The number of carbonyl (C=O) groups is 1. The summed E-state index contributed by atoms with van der Waals surface area (Å²) < 4.78 is 6.98. The normalized spacial score (nSPS) is 12.8. The molecule has 8 heteroatoms. The van der Waals surface area contributed by atoms with Crippen molar-refractivity contribution >= 4 is 22.9 Å². The number of carbonyl (C=O) groups excluding carboxylic acids is 1. The van der Waals surface area contributed by atoms with Crippen molar-refractivity contribution in [3.63, 3.8) is 0 Å². The molecule has 0 saturated carbocycles. The molecule has 0 aliphatic rings. The molecule has 1 aromatic carbocycles. The summed E-state index contributed by atoms with van der Waals surface area (Å²) in [6, 6.07) is 9.86. The zero-order valence-electron chi connectivity index (χ0n) is 13.0. The van der Waals surface area contributed by atoms with Gasteiger partial charge in [-0.2, -0.15) is 0 Å². The molecule has 3 aromatic rings. The Morgan fingerprint density at radius 3 is 3.08 bits per heavy atom. The zero-order chi connectivity index (χ0) is 16.9. The van der Waals surface area contributed by atoms with E-state index in [0.29, 0.717) is 12.3 Å². The first-order valence-corrected chi connectivity index (χ1v) is 7.32. The Morgan fingerprint density at radius 2 is 2.33 bits per heavy atom. The van der Waals surface area contributed by atoms with Gasteiger partial charge in [-0.1, -0.05) is 23.4 Å². The number of hydrogen-bond acceptors (Lipinski definition) is 5. The summed E-state index contributed by atoms with van der Waals surface area (Å²) in [4.78, 5) is 14.4. The van der Waals surface area contributed by atoms with Gasteiger partial charge in [-0.3, -0.25) is 10.0 Å². The Balaban J connectivity index is 1.89. The summed E-state index contributed by atoms with van der Waals surface area (Å²) in [7, 11) is 1.62. The number of aromatic nitrogens is 4. The van der Waals surface area contributed by atoms with Crippen molar-refractivity contribution in [2.75, 3.05) is 13.7 Å². The molecule has 1 amide bonds. The zero-order valence-corrected chi connectivity index (χ0v) is 13.0. The third-order valence-corrected chi connectivity index (χ3v) is 3.60. The van der Waals surface area contributed by atoms with E-state index in [2.05, 4.69) is 21.4 Å². The smallest absolute Gasteiger partial charge is 0.267 e. The molecule has 0 spiro atoms. The van der Waals surface area contributed by atoms with Gasteiger partial charge in [0.1, 0.15) is 11.7 Å². The number of ether oxygens (including phenoxy) is 1. The van der Waals surface area contributed by atoms with E-state index in [1.165, 1.54) is 17.6 Å². The van der Waals surface area contributed by atoms with Crippen LogP contribution in [0.3, 0.4) is 0 Å². The number of hydroxylamine groups is 1. The molecule has 0 aliphatic heterocycles. The van der Waals surface area contributed by atoms with E-state index in [0.717, 1.165) is 16.6 Å². The maximum atomic E-state index is 11.0. The summed E-state index contributed by atoms with van der Waals surface area (Å²) >= 11 is 0.